The van der Waals surface area contributed by atoms with E-state index in [-0.39, 0.29) is 0 Å². The first-order valence-electron chi connectivity index (χ1n) is 20.8. The van der Waals surface area contributed by atoms with Gasteiger partial charge in [0, 0.05) is 49.9 Å². The molecule has 0 aliphatic heterocycles. The van der Waals surface area contributed by atoms with Crippen LogP contribution in [-0.2, 0) is 0 Å². The predicted octanol–water partition coefficient (Wildman–Crippen LogP) is 16.3. The fourth-order valence-electron chi connectivity index (χ4n) is 9.41. The Hall–Kier alpha value is -8.14. The van der Waals surface area contributed by atoms with Gasteiger partial charge in [0.05, 0.1) is 11.0 Å². The van der Waals surface area contributed by atoms with Crippen LogP contribution in [0.4, 0.5) is 17.1 Å². The van der Waals surface area contributed by atoms with Gasteiger partial charge in [-0.1, -0.05) is 164 Å². The van der Waals surface area contributed by atoms with Gasteiger partial charge in [-0.2, -0.15) is 0 Å². The van der Waals surface area contributed by atoms with Crippen molar-refractivity contribution in [3.05, 3.63) is 231 Å². The second-order valence-corrected chi connectivity index (χ2v) is 15.7. The molecule has 12 rings (SSSR count). The van der Waals surface area contributed by atoms with Crippen LogP contribution in [0.3, 0.4) is 0 Å². The van der Waals surface area contributed by atoms with Crippen molar-refractivity contribution >= 4 is 71.6 Å². The number of furan rings is 1. The molecular weight excluding hydrogens is 741 g/mol. The molecule has 0 aliphatic rings. The summed E-state index contributed by atoms with van der Waals surface area (Å²) in [5.74, 6) is 0. The van der Waals surface area contributed by atoms with Crippen LogP contribution in [0, 0.1) is 0 Å². The van der Waals surface area contributed by atoms with Gasteiger partial charge < -0.3 is 13.9 Å². The third-order valence-corrected chi connectivity index (χ3v) is 12.2. The van der Waals surface area contributed by atoms with Crippen LogP contribution in [0.2, 0.25) is 0 Å². The summed E-state index contributed by atoms with van der Waals surface area (Å²) >= 11 is 0. The molecule has 0 bridgehead atoms. The summed E-state index contributed by atoms with van der Waals surface area (Å²) in [4.78, 5) is 2.36. The van der Waals surface area contributed by atoms with Gasteiger partial charge in [-0.15, -0.1) is 0 Å². The Kier molecular flexibility index (Phi) is 8.17. The highest BCUT2D eigenvalue weighted by Crippen LogP contribution is 2.46. The number of hydrogen-bond donors (Lipinski definition) is 0. The van der Waals surface area contributed by atoms with Crippen molar-refractivity contribution in [3.8, 4) is 39.1 Å². The molecule has 0 N–H and O–H groups in total. The average Bonchev–Trinajstić information content (AvgIpc) is 3.88. The van der Waals surface area contributed by atoms with E-state index in [1.54, 1.807) is 0 Å². The standard InChI is InChI=1S/C58H38N2O/c1-4-16-39(17-5-1)41-30-32-44(33-31-41)59(45-23-14-20-42(36-45)40-18-6-2-7-19-40)46-34-35-55-53(37-46)57-49-26-11-10-24-47(49)52(38-56(57)61-55)51-28-15-27-50-48-25-12-13-29-54(48)60(58(50)51)43-21-8-3-9-22-43/h1-38H. The zero-order chi connectivity index (χ0) is 40.3. The number of nitrogens with zero attached hydrogens (tertiary/aromatic N) is 2. The monoisotopic (exact) mass is 778 g/mol. The lowest BCUT2D eigenvalue weighted by molar-refractivity contribution is 0.669. The fraction of sp³-hybridized carbons (Fsp3) is 0. The van der Waals surface area contributed by atoms with Crippen LogP contribution in [0.1, 0.15) is 0 Å². The molecule has 12 aromatic rings. The van der Waals surface area contributed by atoms with Crippen LogP contribution >= 0.6 is 0 Å². The summed E-state index contributed by atoms with van der Waals surface area (Å²) in [6.07, 6.45) is 0. The van der Waals surface area contributed by atoms with Crippen molar-refractivity contribution in [1.82, 2.24) is 4.57 Å². The average molecular weight is 779 g/mol. The lowest BCUT2D eigenvalue weighted by Crippen LogP contribution is -2.10. The number of hydrogen-bond acceptors (Lipinski definition) is 2. The van der Waals surface area contributed by atoms with Crippen LogP contribution in [0.15, 0.2) is 235 Å². The van der Waals surface area contributed by atoms with Gasteiger partial charge in [-0.05, 0) is 105 Å². The van der Waals surface area contributed by atoms with Gasteiger partial charge in [0.1, 0.15) is 11.2 Å². The minimum Gasteiger partial charge on any atom is -0.456 e. The second kappa shape index (κ2) is 14.3. The maximum absolute atomic E-state index is 6.87. The van der Waals surface area contributed by atoms with E-state index in [1.807, 2.05) is 0 Å². The van der Waals surface area contributed by atoms with Crippen molar-refractivity contribution in [2.24, 2.45) is 0 Å². The summed E-state index contributed by atoms with van der Waals surface area (Å²) in [5.41, 5.74) is 15.5. The van der Waals surface area contributed by atoms with Crippen molar-refractivity contribution < 1.29 is 4.42 Å². The van der Waals surface area contributed by atoms with Crippen molar-refractivity contribution in [1.29, 1.82) is 0 Å². The Balaban J connectivity index is 1.07. The van der Waals surface area contributed by atoms with E-state index in [2.05, 4.69) is 240 Å². The molecule has 3 heteroatoms. The highest BCUT2D eigenvalue weighted by molar-refractivity contribution is 6.24. The van der Waals surface area contributed by atoms with Crippen LogP contribution in [0.5, 0.6) is 0 Å². The normalized spacial score (nSPS) is 11.6. The fourth-order valence-corrected chi connectivity index (χ4v) is 9.41. The molecule has 286 valence electrons. The van der Waals surface area contributed by atoms with Gasteiger partial charge in [-0.3, -0.25) is 0 Å². The van der Waals surface area contributed by atoms with Gasteiger partial charge in [0.25, 0.3) is 0 Å². The van der Waals surface area contributed by atoms with Gasteiger partial charge in [-0.25, -0.2) is 0 Å². The Morgan fingerprint density at radius 3 is 1.67 bits per heavy atom. The predicted molar refractivity (Wildman–Crippen MR) is 257 cm³/mol. The molecule has 0 saturated carbocycles. The summed E-state index contributed by atoms with van der Waals surface area (Å²) in [6.45, 7) is 0. The molecular formula is C58H38N2O. The first-order chi connectivity index (χ1) is 30.3. The Morgan fingerprint density at radius 2 is 0.902 bits per heavy atom. The molecule has 0 aliphatic carbocycles. The summed E-state index contributed by atoms with van der Waals surface area (Å²) in [7, 11) is 0. The molecule has 0 fully saturated rings. The summed E-state index contributed by atoms with van der Waals surface area (Å²) in [5, 5.41) is 7.00. The molecule has 2 heterocycles. The smallest absolute Gasteiger partial charge is 0.136 e. The SMILES string of the molecule is c1ccc(-c2ccc(N(c3cccc(-c4ccccc4)c3)c3ccc4oc5cc(-c6cccc7c8ccccc8n(-c8ccccc8)c67)c6ccccc6c5c4c3)cc2)cc1. The number of fused-ring (bicyclic) bond motifs is 8. The molecule has 2 aromatic heterocycles. The lowest BCUT2D eigenvalue weighted by atomic mass is 9.93. The first-order valence-corrected chi connectivity index (χ1v) is 20.8. The number of para-hydroxylation sites is 3. The van der Waals surface area contributed by atoms with Crippen molar-refractivity contribution in [3.63, 3.8) is 0 Å². The minimum atomic E-state index is 0.857. The molecule has 3 nitrogen and oxygen atoms in total. The van der Waals surface area contributed by atoms with Gasteiger partial charge in [0.15, 0.2) is 0 Å². The topological polar surface area (TPSA) is 21.3 Å². The molecule has 0 unspecified atom stereocenters. The van der Waals surface area contributed by atoms with E-state index in [0.29, 0.717) is 0 Å². The lowest BCUT2D eigenvalue weighted by Gasteiger charge is -2.26. The summed E-state index contributed by atoms with van der Waals surface area (Å²) in [6, 6.07) is 82.7. The zero-order valence-electron chi connectivity index (χ0n) is 33.2. The highest BCUT2D eigenvalue weighted by Gasteiger charge is 2.22. The Bertz CT molecular complexity index is 3570. The van der Waals surface area contributed by atoms with E-state index >= 15 is 0 Å². The van der Waals surface area contributed by atoms with E-state index in [9.17, 15) is 0 Å². The van der Waals surface area contributed by atoms with E-state index in [4.69, 9.17) is 4.42 Å². The molecule has 0 saturated heterocycles. The maximum atomic E-state index is 6.87. The molecule has 10 aromatic carbocycles. The molecule has 61 heavy (non-hydrogen) atoms. The van der Waals surface area contributed by atoms with Crippen LogP contribution in [0.25, 0.3) is 93.6 Å². The van der Waals surface area contributed by atoms with E-state index in [1.165, 1.54) is 55.0 Å². The van der Waals surface area contributed by atoms with Crippen molar-refractivity contribution in [2.45, 2.75) is 0 Å². The highest BCUT2D eigenvalue weighted by atomic mass is 16.3. The van der Waals surface area contributed by atoms with Gasteiger partial charge >= 0.3 is 0 Å². The second-order valence-electron chi connectivity index (χ2n) is 15.7. The molecule has 0 spiro atoms. The minimum absolute atomic E-state index is 0.857. The molecule has 0 amide bonds. The Morgan fingerprint density at radius 1 is 0.328 bits per heavy atom. The number of aromatic nitrogens is 1. The first kappa shape index (κ1) is 34.9. The molecule has 0 radical (unpaired) electrons. The quantitative estimate of drug-likeness (QED) is 0.161. The Labute approximate surface area is 353 Å². The number of anilines is 3. The third-order valence-electron chi connectivity index (χ3n) is 12.2. The largest absolute Gasteiger partial charge is 0.456 e. The van der Waals surface area contributed by atoms with Crippen molar-refractivity contribution in [2.75, 3.05) is 4.90 Å². The molecule has 0 atom stereocenters. The van der Waals surface area contributed by atoms with E-state index in [0.717, 1.165) is 55.6 Å². The van der Waals surface area contributed by atoms with E-state index < -0.39 is 0 Å². The number of benzene rings is 10. The van der Waals surface area contributed by atoms with Crippen LogP contribution < -0.4 is 4.90 Å². The zero-order valence-corrected chi connectivity index (χ0v) is 33.2. The summed E-state index contributed by atoms with van der Waals surface area (Å²) < 4.78 is 9.29. The van der Waals surface area contributed by atoms with Gasteiger partial charge in [0.2, 0.25) is 0 Å². The van der Waals surface area contributed by atoms with Crippen LogP contribution in [-0.4, -0.2) is 4.57 Å². The third kappa shape index (κ3) is 5.82. The number of rotatable bonds is 7. The maximum Gasteiger partial charge on any atom is 0.136 e.